The van der Waals surface area contributed by atoms with E-state index < -0.39 is 36.7 Å². The number of aliphatic hydroxyl groups excluding tert-OH is 1. The largest absolute Gasteiger partial charge is 0.480 e. The molecule has 1 aromatic heterocycles. The van der Waals surface area contributed by atoms with Gasteiger partial charge in [0.2, 0.25) is 5.91 Å². The van der Waals surface area contributed by atoms with Crippen molar-refractivity contribution < 1.29 is 29.3 Å². The van der Waals surface area contributed by atoms with Crippen molar-refractivity contribution in [3.8, 4) is 11.1 Å². The van der Waals surface area contributed by atoms with E-state index in [9.17, 15) is 19.5 Å². The molecule has 0 aliphatic heterocycles. The highest BCUT2D eigenvalue weighted by Gasteiger charge is 2.31. The number of aliphatic hydroxyl groups is 1. The summed E-state index contributed by atoms with van der Waals surface area (Å²) in [7, 11) is 0. The molecule has 1 unspecified atom stereocenters. The van der Waals surface area contributed by atoms with Crippen molar-refractivity contribution in [2.75, 3.05) is 13.2 Å². The van der Waals surface area contributed by atoms with Crippen LogP contribution in [0.4, 0.5) is 4.79 Å². The minimum Gasteiger partial charge on any atom is -0.480 e. The number of carboxylic acid groups (broad SMARTS) is 1. The number of ether oxygens (including phenoxy) is 1. The first-order valence-corrected chi connectivity index (χ1v) is 11.4. The Labute approximate surface area is 202 Å². The summed E-state index contributed by atoms with van der Waals surface area (Å²) in [6.07, 6.45) is 0.853. The van der Waals surface area contributed by atoms with Crippen molar-refractivity contribution in [1.82, 2.24) is 15.6 Å². The molecule has 2 aromatic carbocycles. The average molecular weight is 478 g/mol. The molecule has 9 heteroatoms. The molecule has 0 radical (unpaired) electrons. The van der Waals surface area contributed by atoms with Crippen LogP contribution in [-0.2, 0) is 20.7 Å². The third-order valence-corrected chi connectivity index (χ3v) is 6.07. The number of amides is 2. The number of carbonyl (C=O) groups is 3. The Morgan fingerprint density at radius 3 is 2.14 bits per heavy atom. The lowest BCUT2D eigenvalue weighted by Gasteiger charge is -2.21. The lowest BCUT2D eigenvalue weighted by molar-refractivity contribution is -0.142. The summed E-state index contributed by atoms with van der Waals surface area (Å²) in [5.41, 5.74) is 5.01. The zero-order chi connectivity index (χ0) is 24.8. The smallest absolute Gasteiger partial charge is 0.407 e. The first-order valence-electron chi connectivity index (χ1n) is 11.4. The first-order chi connectivity index (χ1) is 17.0. The van der Waals surface area contributed by atoms with Gasteiger partial charge in [-0.2, -0.15) is 0 Å². The first kappa shape index (κ1) is 24.0. The van der Waals surface area contributed by atoms with Gasteiger partial charge in [0, 0.05) is 37.3 Å². The number of carbonyl (C=O) groups excluding carboxylic acids is 2. The average Bonchev–Trinajstić information content (AvgIpc) is 3.48. The Morgan fingerprint density at radius 2 is 1.57 bits per heavy atom. The van der Waals surface area contributed by atoms with Crippen LogP contribution >= 0.6 is 0 Å². The second-order valence-electron chi connectivity index (χ2n) is 8.33. The van der Waals surface area contributed by atoms with Crippen LogP contribution in [0.25, 0.3) is 11.1 Å². The van der Waals surface area contributed by atoms with Gasteiger partial charge in [-0.1, -0.05) is 48.5 Å². The predicted octanol–water partition coefficient (Wildman–Crippen LogP) is 2.42. The highest BCUT2D eigenvalue weighted by Crippen LogP contribution is 2.44. The van der Waals surface area contributed by atoms with Crippen LogP contribution in [0.3, 0.4) is 0 Å². The quantitative estimate of drug-likeness (QED) is 0.304. The molecule has 0 spiro atoms. The van der Waals surface area contributed by atoms with Gasteiger partial charge in [-0.15, -0.1) is 0 Å². The minimum atomic E-state index is -1.28. The third-order valence-electron chi connectivity index (χ3n) is 6.07. The lowest BCUT2D eigenvalue weighted by Crippen LogP contribution is -2.52. The molecular formula is C26H27N3O6. The number of hydrogen-bond acceptors (Lipinski definition) is 5. The van der Waals surface area contributed by atoms with E-state index in [0.717, 1.165) is 22.3 Å². The second-order valence-corrected chi connectivity index (χ2v) is 8.33. The van der Waals surface area contributed by atoms with E-state index in [-0.39, 0.29) is 25.4 Å². The van der Waals surface area contributed by atoms with Crippen LogP contribution in [0.1, 0.15) is 29.2 Å². The maximum atomic E-state index is 12.8. The second kappa shape index (κ2) is 10.9. The Hall–Kier alpha value is -4.11. The van der Waals surface area contributed by atoms with E-state index in [1.165, 1.54) is 0 Å². The van der Waals surface area contributed by atoms with E-state index in [1.807, 2.05) is 48.5 Å². The van der Waals surface area contributed by atoms with E-state index >= 15 is 0 Å². The molecule has 1 heterocycles. The van der Waals surface area contributed by atoms with Gasteiger partial charge in [-0.05, 0) is 34.4 Å². The number of nitrogens with one attached hydrogen (secondary N) is 3. The van der Waals surface area contributed by atoms with Crippen molar-refractivity contribution in [2.45, 2.75) is 30.8 Å². The molecular weight excluding hydrogens is 450 g/mol. The maximum absolute atomic E-state index is 12.8. The number of benzene rings is 2. The van der Waals surface area contributed by atoms with Crippen molar-refractivity contribution in [3.63, 3.8) is 0 Å². The van der Waals surface area contributed by atoms with Crippen molar-refractivity contribution in [3.05, 3.63) is 83.7 Å². The summed E-state index contributed by atoms with van der Waals surface area (Å²) in [6, 6.07) is 17.1. The molecule has 4 rings (SSSR count). The number of fused-ring (bicyclic) bond motifs is 3. The normalized spacial score (nSPS) is 13.9. The Balaban J connectivity index is 1.44. The van der Waals surface area contributed by atoms with E-state index in [2.05, 4.69) is 15.6 Å². The fraction of sp³-hybridized carbons (Fsp3) is 0.269. The molecule has 35 heavy (non-hydrogen) atoms. The molecule has 2 atom stereocenters. The van der Waals surface area contributed by atoms with Gasteiger partial charge in [-0.25, -0.2) is 9.59 Å². The van der Waals surface area contributed by atoms with Crippen molar-refractivity contribution in [2.24, 2.45) is 0 Å². The van der Waals surface area contributed by atoms with Gasteiger partial charge in [-0.3, -0.25) is 4.79 Å². The van der Waals surface area contributed by atoms with E-state index in [0.29, 0.717) is 5.69 Å². The topological polar surface area (TPSA) is 141 Å². The standard InChI is InChI=1S/C26H27N3O6/c30-13-11-22(25(32)33)28-24(31)23(14-16-6-5-12-27-16)29-26(34)35-15-21-19-9-3-1-7-17(19)18-8-2-4-10-20(18)21/h1-10,12,21-23,27,30H,11,13-15H2,(H,28,31)(H,29,34)(H,32,33)/t22-,23?/m1/s1. The van der Waals surface area contributed by atoms with Gasteiger partial charge >= 0.3 is 12.1 Å². The zero-order valence-corrected chi connectivity index (χ0v) is 18.9. The van der Waals surface area contributed by atoms with Crippen LogP contribution in [-0.4, -0.2) is 58.5 Å². The molecule has 0 saturated carbocycles. The number of alkyl carbamates (subject to hydrolysis) is 1. The summed E-state index contributed by atoms with van der Waals surface area (Å²) in [5.74, 6) is -2.09. The van der Waals surface area contributed by atoms with Crippen LogP contribution in [0.2, 0.25) is 0 Å². The summed E-state index contributed by atoms with van der Waals surface area (Å²) >= 11 is 0. The zero-order valence-electron chi connectivity index (χ0n) is 18.9. The SMILES string of the molecule is O=C(NC(Cc1ccc[nH]1)C(=O)N[C@H](CCO)C(=O)O)OCC1c2ccccc2-c2ccccc21. The van der Waals surface area contributed by atoms with Gasteiger partial charge in [0.1, 0.15) is 18.7 Å². The van der Waals surface area contributed by atoms with Gasteiger partial charge < -0.3 is 30.6 Å². The van der Waals surface area contributed by atoms with Crippen LogP contribution in [0.15, 0.2) is 66.9 Å². The Bertz CT molecular complexity index is 1150. The van der Waals surface area contributed by atoms with Crippen molar-refractivity contribution >= 4 is 18.0 Å². The molecule has 3 aromatic rings. The summed E-state index contributed by atoms with van der Waals surface area (Å²) in [6.45, 7) is -0.322. The summed E-state index contributed by atoms with van der Waals surface area (Å²) < 4.78 is 5.54. The summed E-state index contributed by atoms with van der Waals surface area (Å²) in [4.78, 5) is 39.9. The van der Waals surface area contributed by atoms with Crippen LogP contribution < -0.4 is 10.6 Å². The number of carboxylic acids is 1. The van der Waals surface area contributed by atoms with Gasteiger partial charge in [0.05, 0.1) is 0 Å². The molecule has 0 bridgehead atoms. The third kappa shape index (κ3) is 5.52. The van der Waals surface area contributed by atoms with Gasteiger partial charge in [0.25, 0.3) is 0 Å². The number of hydrogen-bond donors (Lipinski definition) is 5. The minimum absolute atomic E-state index is 0.0823. The van der Waals surface area contributed by atoms with E-state index in [1.54, 1.807) is 18.3 Å². The Morgan fingerprint density at radius 1 is 0.914 bits per heavy atom. The number of rotatable bonds is 10. The highest BCUT2D eigenvalue weighted by atomic mass is 16.5. The van der Waals surface area contributed by atoms with Gasteiger partial charge in [0.15, 0.2) is 0 Å². The monoisotopic (exact) mass is 477 g/mol. The molecule has 0 saturated heterocycles. The summed E-state index contributed by atoms with van der Waals surface area (Å²) in [5, 5.41) is 23.3. The molecule has 2 amide bonds. The predicted molar refractivity (Wildman–Crippen MR) is 128 cm³/mol. The Kier molecular flexibility index (Phi) is 7.47. The molecule has 9 nitrogen and oxygen atoms in total. The molecule has 0 fully saturated rings. The van der Waals surface area contributed by atoms with Crippen LogP contribution in [0, 0.1) is 0 Å². The molecule has 1 aliphatic rings. The molecule has 182 valence electrons. The molecule has 5 N–H and O–H groups in total. The van der Waals surface area contributed by atoms with E-state index in [4.69, 9.17) is 9.84 Å². The fourth-order valence-electron chi connectivity index (χ4n) is 4.36. The lowest BCUT2D eigenvalue weighted by atomic mass is 9.98. The number of aromatic nitrogens is 1. The molecule has 1 aliphatic carbocycles. The maximum Gasteiger partial charge on any atom is 0.407 e. The fourth-order valence-corrected chi connectivity index (χ4v) is 4.36. The number of aliphatic carboxylic acids is 1. The number of H-pyrrole nitrogens is 1. The van der Waals surface area contributed by atoms with Crippen LogP contribution in [0.5, 0.6) is 0 Å². The van der Waals surface area contributed by atoms with Crippen molar-refractivity contribution in [1.29, 1.82) is 0 Å². The highest BCUT2D eigenvalue weighted by molar-refractivity contribution is 5.89. The number of aromatic amines is 1.